The second-order valence-electron chi connectivity index (χ2n) is 12.3. The SMILES string of the molecule is COC(=O)c1ccc(O)c(C#N)c1.COC(=O)c1ccc(OCC(=O)Nc2ccc(Cl)cn2)c(C#N)c1.Nc1ccc(Cl)cn1.O=C(CCl)Nc1ccc(Cl)cn1.O=C(CCl)Nc1ccc(Cl)cn1. The number of nitrogens with zero attached hydrogens (tertiary/aromatic N) is 6. The lowest BCUT2D eigenvalue weighted by Gasteiger charge is -2.09. The first-order chi connectivity index (χ1) is 32.9. The van der Waals surface area contributed by atoms with E-state index in [0.717, 1.165) is 0 Å². The molecule has 2 aromatic carbocycles. The zero-order valence-electron chi connectivity index (χ0n) is 35.8. The lowest BCUT2D eigenvalue weighted by Crippen LogP contribution is -2.21. The molecule has 0 saturated carbocycles. The van der Waals surface area contributed by atoms with Crippen molar-refractivity contribution in [3.63, 3.8) is 0 Å². The molecule has 19 nitrogen and oxygen atoms in total. The van der Waals surface area contributed by atoms with Gasteiger partial charge in [-0.25, -0.2) is 29.5 Å². The topological polar surface area (TPSA) is 295 Å². The number of amides is 3. The molecule has 6 N–H and O–H groups in total. The largest absolute Gasteiger partial charge is 0.507 e. The molecule has 0 bridgehead atoms. The summed E-state index contributed by atoms with van der Waals surface area (Å²) in [5, 5.41) is 36.4. The van der Waals surface area contributed by atoms with Gasteiger partial charge in [-0.2, -0.15) is 10.5 Å². The molecule has 0 aliphatic rings. The van der Waals surface area contributed by atoms with Crippen molar-refractivity contribution in [2.75, 3.05) is 54.3 Å². The van der Waals surface area contributed by atoms with Gasteiger partial charge in [0.05, 0.1) is 56.6 Å². The number of hydrogen-bond donors (Lipinski definition) is 5. The number of nitriles is 2. The third-order valence-electron chi connectivity index (χ3n) is 7.40. The van der Waals surface area contributed by atoms with E-state index in [0.29, 0.717) is 43.4 Å². The molecule has 0 radical (unpaired) electrons. The minimum atomic E-state index is -0.565. The quantitative estimate of drug-likeness (QED) is 0.0633. The second-order valence-corrected chi connectivity index (χ2v) is 14.6. The molecule has 0 aliphatic heterocycles. The van der Waals surface area contributed by atoms with E-state index in [1.807, 2.05) is 6.07 Å². The Morgan fingerprint density at radius 1 is 0.580 bits per heavy atom. The highest BCUT2D eigenvalue weighted by atomic mass is 35.5. The number of aromatic nitrogens is 4. The molecular weight excluding hydrogens is 1030 g/mol. The van der Waals surface area contributed by atoms with Crippen LogP contribution in [-0.2, 0) is 23.9 Å². The minimum Gasteiger partial charge on any atom is -0.507 e. The van der Waals surface area contributed by atoms with E-state index in [1.54, 1.807) is 54.6 Å². The summed E-state index contributed by atoms with van der Waals surface area (Å²) >= 11 is 32.9. The number of nitrogen functional groups attached to an aromatic ring is 1. The summed E-state index contributed by atoms with van der Waals surface area (Å²) in [6, 6.07) is 24.8. The van der Waals surface area contributed by atoms with Crippen LogP contribution in [0.5, 0.6) is 11.5 Å². The number of anilines is 4. The first-order valence-electron chi connectivity index (χ1n) is 18.7. The summed E-state index contributed by atoms with van der Waals surface area (Å²) in [5.41, 5.74) is 5.90. The van der Waals surface area contributed by atoms with Gasteiger partial charge >= 0.3 is 11.9 Å². The van der Waals surface area contributed by atoms with Crippen molar-refractivity contribution >= 4 is 123 Å². The number of ether oxygens (including phenoxy) is 3. The Morgan fingerprint density at radius 2 is 0.971 bits per heavy atom. The zero-order chi connectivity index (χ0) is 51.3. The first-order valence-corrected chi connectivity index (χ1v) is 21.3. The number of alkyl halides is 2. The van der Waals surface area contributed by atoms with Crippen molar-refractivity contribution in [1.82, 2.24) is 19.9 Å². The molecule has 25 heteroatoms. The smallest absolute Gasteiger partial charge is 0.337 e. The number of halogens is 6. The van der Waals surface area contributed by atoms with E-state index in [1.165, 1.54) is 75.4 Å². The summed E-state index contributed by atoms with van der Waals surface area (Å²) in [5.74, 6) is -0.516. The summed E-state index contributed by atoms with van der Waals surface area (Å²) < 4.78 is 14.3. The van der Waals surface area contributed by atoms with Crippen LogP contribution in [0.25, 0.3) is 0 Å². The molecule has 358 valence electrons. The maximum absolute atomic E-state index is 11.8. The maximum Gasteiger partial charge on any atom is 0.337 e. The molecule has 0 saturated heterocycles. The van der Waals surface area contributed by atoms with Crippen LogP contribution in [-0.4, -0.2) is 87.3 Å². The highest BCUT2D eigenvalue weighted by Gasteiger charge is 2.13. The van der Waals surface area contributed by atoms with Gasteiger partial charge in [0, 0.05) is 24.8 Å². The fourth-order valence-electron chi connectivity index (χ4n) is 4.27. The van der Waals surface area contributed by atoms with Gasteiger partial charge in [-0.1, -0.05) is 46.4 Å². The standard InChI is InChI=1S/C16H12ClN3O4.C9H7NO3.2C7H6Cl2N2O.C5H5ClN2/c1-23-16(22)10-2-4-13(11(6-10)7-18)24-9-15(21)20-14-5-3-12(17)8-19-14;1-13-9(12)6-2-3-8(11)7(4-6)5-10;2*8-3-7(12)11-6-2-1-5(9)4-10-6;6-4-1-2-5(7)8-3-4/h2-6,8H,9H2,1H3,(H,19,20,21);2-4,11H,1H3;2*1-2,4H,3H2,(H,10,11,12);1-3H,(H2,7,8). The maximum atomic E-state index is 11.8. The second kappa shape index (κ2) is 31.5. The van der Waals surface area contributed by atoms with Crippen LogP contribution in [0.4, 0.5) is 23.3 Å². The van der Waals surface area contributed by atoms with Gasteiger partial charge in [0.2, 0.25) is 11.8 Å². The predicted octanol–water partition coefficient (Wildman–Crippen LogP) is 8.60. The minimum absolute atomic E-state index is 0.0582. The number of phenols is 1. The highest BCUT2D eigenvalue weighted by Crippen LogP contribution is 2.21. The highest BCUT2D eigenvalue weighted by molar-refractivity contribution is 6.31. The van der Waals surface area contributed by atoms with Crippen LogP contribution >= 0.6 is 69.6 Å². The number of carbonyl (C=O) groups is 5. The zero-order valence-corrected chi connectivity index (χ0v) is 40.3. The number of esters is 2. The van der Waals surface area contributed by atoms with E-state index < -0.39 is 17.8 Å². The Hall–Kier alpha value is -7.49. The first kappa shape index (κ1) is 57.6. The number of aromatic hydroxyl groups is 1. The van der Waals surface area contributed by atoms with E-state index in [4.69, 9.17) is 95.7 Å². The van der Waals surface area contributed by atoms with Crippen LogP contribution in [0.15, 0.2) is 110 Å². The average molecular weight is 1060 g/mol. The molecule has 4 heterocycles. The summed E-state index contributed by atoms with van der Waals surface area (Å²) in [4.78, 5) is 71.1. The van der Waals surface area contributed by atoms with Crippen molar-refractivity contribution in [1.29, 1.82) is 10.5 Å². The Morgan fingerprint density at radius 3 is 1.32 bits per heavy atom. The molecule has 0 spiro atoms. The van der Waals surface area contributed by atoms with Crippen LogP contribution < -0.4 is 26.4 Å². The number of nitrogens with one attached hydrogen (secondary N) is 3. The van der Waals surface area contributed by atoms with Gasteiger partial charge in [0.1, 0.15) is 58.7 Å². The van der Waals surface area contributed by atoms with E-state index >= 15 is 0 Å². The number of benzene rings is 2. The number of carbonyl (C=O) groups excluding carboxylic acids is 5. The third kappa shape index (κ3) is 22.7. The van der Waals surface area contributed by atoms with Gasteiger partial charge in [-0.05, 0) is 84.9 Å². The van der Waals surface area contributed by atoms with Crippen molar-refractivity contribution in [2.24, 2.45) is 0 Å². The van der Waals surface area contributed by atoms with Crippen LogP contribution in [0.1, 0.15) is 31.8 Å². The lowest BCUT2D eigenvalue weighted by molar-refractivity contribution is -0.118. The Bertz CT molecular complexity index is 2650. The summed E-state index contributed by atoms with van der Waals surface area (Å²) in [6.07, 6.45) is 5.81. The monoisotopic (exact) mass is 1060 g/mol. The van der Waals surface area contributed by atoms with Crippen molar-refractivity contribution < 1.29 is 43.3 Å². The fraction of sp³-hybridized carbons (Fsp3) is 0.114. The molecule has 6 aromatic rings. The average Bonchev–Trinajstić information content (AvgIpc) is 3.36. The number of rotatable bonds is 10. The van der Waals surface area contributed by atoms with Crippen LogP contribution in [0.3, 0.4) is 0 Å². The fourth-order valence-corrected chi connectivity index (χ4v) is 4.85. The van der Waals surface area contributed by atoms with E-state index in [-0.39, 0.29) is 63.9 Å². The van der Waals surface area contributed by atoms with Gasteiger partial charge in [-0.15, -0.1) is 23.2 Å². The molecule has 0 aliphatic carbocycles. The van der Waals surface area contributed by atoms with Crippen molar-refractivity contribution in [3.8, 4) is 23.6 Å². The number of methoxy groups -OCH3 is 2. The normalized spacial score (nSPS) is 9.42. The van der Waals surface area contributed by atoms with Gasteiger partial charge in [-0.3, -0.25) is 14.4 Å². The van der Waals surface area contributed by atoms with E-state index in [9.17, 15) is 24.0 Å². The molecule has 6 rings (SSSR count). The third-order valence-corrected chi connectivity index (χ3v) is 8.78. The van der Waals surface area contributed by atoms with Crippen molar-refractivity contribution in [3.05, 3.63) is 152 Å². The Kier molecular flexibility index (Phi) is 26.3. The Balaban J connectivity index is 0.000000313. The van der Waals surface area contributed by atoms with Crippen LogP contribution in [0.2, 0.25) is 20.1 Å². The molecule has 4 aromatic heterocycles. The molecule has 3 amide bonds. The Labute approximate surface area is 424 Å². The molecule has 0 atom stereocenters. The van der Waals surface area contributed by atoms with E-state index in [2.05, 4.69) is 45.4 Å². The molecule has 69 heavy (non-hydrogen) atoms. The summed E-state index contributed by atoms with van der Waals surface area (Å²) in [6.45, 7) is -0.323. The number of pyridine rings is 4. The lowest BCUT2D eigenvalue weighted by atomic mass is 10.1. The summed E-state index contributed by atoms with van der Waals surface area (Å²) in [7, 11) is 2.50. The number of nitrogens with two attached hydrogens (primary N) is 1. The molecule has 0 unspecified atom stereocenters. The van der Waals surface area contributed by atoms with Gasteiger partial charge < -0.3 is 41.0 Å². The van der Waals surface area contributed by atoms with Gasteiger partial charge in [0.25, 0.3) is 5.91 Å². The van der Waals surface area contributed by atoms with Crippen LogP contribution in [0, 0.1) is 22.7 Å². The van der Waals surface area contributed by atoms with Crippen molar-refractivity contribution in [2.45, 2.75) is 0 Å². The molecular formula is C44H36Cl6N10O9. The predicted molar refractivity (Wildman–Crippen MR) is 261 cm³/mol. The number of hydrogen-bond acceptors (Lipinski definition) is 16. The molecule has 0 fully saturated rings. The number of phenolic OH excluding ortho intramolecular Hbond substituents is 1. The van der Waals surface area contributed by atoms with Gasteiger partial charge in [0.15, 0.2) is 6.61 Å².